The summed E-state index contributed by atoms with van der Waals surface area (Å²) in [5, 5.41) is 0. The SMILES string of the molecule is COc1ccc(CCCCSC)cc1. The zero-order chi connectivity index (χ0) is 10.2. The number of thioether (sulfide) groups is 1. The molecule has 1 aromatic rings. The molecule has 0 saturated heterocycles. The van der Waals surface area contributed by atoms with Crippen molar-refractivity contribution in [2.75, 3.05) is 19.1 Å². The number of benzene rings is 1. The molecule has 0 radical (unpaired) electrons. The number of unbranched alkanes of at least 4 members (excludes halogenated alkanes) is 1. The van der Waals surface area contributed by atoms with Crippen LogP contribution < -0.4 is 4.74 Å². The Kier molecular flexibility index (Phi) is 5.53. The molecule has 0 spiro atoms. The molecule has 0 amide bonds. The Morgan fingerprint density at radius 1 is 1.14 bits per heavy atom. The molecule has 1 nitrogen and oxygen atoms in total. The van der Waals surface area contributed by atoms with Crippen LogP contribution in [0.5, 0.6) is 5.75 Å². The van der Waals surface area contributed by atoms with Crippen LogP contribution in [0.3, 0.4) is 0 Å². The van der Waals surface area contributed by atoms with Crippen molar-refractivity contribution in [2.24, 2.45) is 0 Å². The van der Waals surface area contributed by atoms with E-state index in [2.05, 4.69) is 18.4 Å². The van der Waals surface area contributed by atoms with E-state index in [1.165, 1.54) is 30.6 Å². The van der Waals surface area contributed by atoms with Crippen LogP contribution in [0.2, 0.25) is 0 Å². The molecule has 0 N–H and O–H groups in total. The van der Waals surface area contributed by atoms with Gasteiger partial charge in [-0.15, -0.1) is 0 Å². The molecule has 0 aliphatic heterocycles. The highest BCUT2D eigenvalue weighted by molar-refractivity contribution is 7.98. The first-order chi connectivity index (χ1) is 6.86. The van der Waals surface area contributed by atoms with Crippen molar-refractivity contribution < 1.29 is 4.74 Å². The number of rotatable bonds is 6. The van der Waals surface area contributed by atoms with Crippen molar-refractivity contribution in [1.29, 1.82) is 0 Å². The van der Waals surface area contributed by atoms with Crippen LogP contribution in [-0.4, -0.2) is 19.1 Å². The Morgan fingerprint density at radius 2 is 1.86 bits per heavy atom. The van der Waals surface area contributed by atoms with Gasteiger partial charge in [-0.2, -0.15) is 11.8 Å². The van der Waals surface area contributed by atoms with Gasteiger partial charge >= 0.3 is 0 Å². The molecule has 14 heavy (non-hydrogen) atoms. The fourth-order valence-corrected chi connectivity index (χ4v) is 1.86. The van der Waals surface area contributed by atoms with Gasteiger partial charge in [0, 0.05) is 0 Å². The number of hydrogen-bond acceptors (Lipinski definition) is 2. The second-order valence-electron chi connectivity index (χ2n) is 3.30. The van der Waals surface area contributed by atoms with Crippen LogP contribution in [0.4, 0.5) is 0 Å². The van der Waals surface area contributed by atoms with E-state index in [1.807, 2.05) is 23.9 Å². The molecule has 0 aromatic heterocycles. The highest BCUT2D eigenvalue weighted by atomic mass is 32.2. The lowest BCUT2D eigenvalue weighted by Crippen LogP contribution is -1.88. The van der Waals surface area contributed by atoms with Crippen LogP contribution in [-0.2, 0) is 6.42 Å². The average Bonchev–Trinajstić information content (AvgIpc) is 2.25. The average molecular weight is 210 g/mol. The lowest BCUT2D eigenvalue weighted by atomic mass is 10.1. The molecular formula is C12H18OS. The molecule has 0 heterocycles. The maximum Gasteiger partial charge on any atom is 0.118 e. The van der Waals surface area contributed by atoms with E-state index in [9.17, 15) is 0 Å². The second-order valence-corrected chi connectivity index (χ2v) is 4.28. The minimum Gasteiger partial charge on any atom is -0.497 e. The van der Waals surface area contributed by atoms with Crippen molar-refractivity contribution in [2.45, 2.75) is 19.3 Å². The summed E-state index contributed by atoms with van der Waals surface area (Å²) in [6.45, 7) is 0. The summed E-state index contributed by atoms with van der Waals surface area (Å²) in [5.41, 5.74) is 1.41. The van der Waals surface area contributed by atoms with Gasteiger partial charge in [-0.1, -0.05) is 12.1 Å². The molecule has 78 valence electrons. The monoisotopic (exact) mass is 210 g/mol. The third-order valence-electron chi connectivity index (χ3n) is 2.22. The molecule has 0 saturated carbocycles. The lowest BCUT2D eigenvalue weighted by molar-refractivity contribution is 0.414. The Balaban J connectivity index is 2.29. The fourth-order valence-electron chi connectivity index (χ4n) is 1.37. The number of methoxy groups -OCH3 is 1. The number of aryl methyl sites for hydroxylation is 1. The lowest BCUT2D eigenvalue weighted by Gasteiger charge is -2.02. The minimum atomic E-state index is 0.942. The van der Waals surface area contributed by atoms with E-state index in [0.29, 0.717) is 0 Å². The summed E-state index contributed by atoms with van der Waals surface area (Å²) in [6, 6.07) is 8.36. The molecule has 1 rings (SSSR count). The molecule has 0 aliphatic rings. The van der Waals surface area contributed by atoms with Gasteiger partial charge in [0.2, 0.25) is 0 Å². The van der Waals surface area contributed by atoms with Gasteiger partial charge in [0.15, 0.2) is 0 Å². The second kappa shape index (κ2) is 6.77. The summed E-state index contributed by atoms with van der Waals surface area (Å²) < 4.78 is 5.11. The summed E-state index contributed by atoms with van der Waals surface area (Å²) in [5.74, 6) is 2.22. The van der Waals surface area contributed by atoms with Crippen molar-refractivity contribution in [3.63, 3.8) is 0 Å². The largest absolute Gasteiger partial charge is 0.497 e. The Labute approximate surface area is 90.9 Å². The topological polar surface area (TPSA) is 9.23 Å². The fraction of sp³-hybridized carbons (Fsp3) is 0.500. The third-order valence-corrected chi connectivity index (χ3v) is 2.92. The van der Waals surface area contributed by atoms with Gasteiger partial charge in [-0.25, -0.2) is 0 Å². The normalized spacial score (nSPS) is 10.1. The van der Waals surface area contributed by atoms with Crippen LogP contribution in [0.25, 0.3) is 0 Å². The first-order valence-electron chi connectivity index (χ1n) is 4.98. The van der Waals surface area contributed by atoms with Crippen molar-refractivity contribution in [3.05, 3.63) is 29.8 Å². The molecule has 0 atom stereocenters. The number of hydrogen-bond donors (Lipinski definition) is 0. The molecule has 0 unspecified atom stereocenters. The molecule has 1 aromatic carbocycles. The molecule has 0 aliphatic carbocycles. The van der Waals surface area contributed by atoms with Crippen LogP contribution in [0, 0.1) is 0 Å². The predicted molar refractivity (Wildman–Crippen MR) is 64.3 cm³/mol. The van der Waals surface area contributed by atoms with Crippen molar-refractivity contribution >= 4 is 11.8 Å². The third kappa shape index (κ3) is 4.05. The van der Waals surface area contributed by atoms with Crippen molar-refractivity contribution in [3.8, 4) is 5.75 Å². The van der Waals surface area contributed by atoms with Gasteiger partial charge in [0.25, 0.3) is 0 Å². The summed E-state index contributed by atoms with van der Waals surface area (Å²) in [4.78, 5) is 0. The Bertz CT molecular complexity index is 243. The first kappa shape index (κ1) is 11.4. The van der Waals surface area contributed by atoms with Crippen LogP contribution >= 0.6 is 11.8 Å². The van der Waals surface area contributed by atoms with Crippen LogP contribution in [0.15, 0.2) is 24.3 Å². The predicted octanol–water partition coefficient (Wildman–Crippen LogP) is 3.38. The minimum absolute atomic E-state index is 0.942. The summed E-state index contributed by atoms with van der Waals surface area (Å²) in [6.07, 6.45) is 5.94. The molecular weight excluding hydrogens is 192 g/mol. The van der Waals surface area contributed by atoms with Gasteiger partial charge in [-0.05, 0) is 49.0 Å². The Morgan fingerprint density at radius 3 is 2.43 bits per heavy atom. The highest BCUT2D eigenvalue weighted by Gasteiger charge is 1.94. The Hall–Kier alpha value is -0.630. The standard InChI is InChI=1S/C12H18OS/c1-13-12-8-6-11(7-9-12)5-3-4-10-14-2/h6-9H,3-5,10H2,1-2H3. The zero-order valence-corrected chi connectivity index (χ0v) is 9.77. The van der Waals surface area contributed by atoms with E-state index in [0.717, 1.165) is 5.75 Å². The van der Waals surface area contributed by atoms with Gasteiger partial charge in [-0.3, -0.25) is 0 Å². The van der Waals surface area contributed by atoms with E-state index >= 15 is 0 Å². The van der Waals surface area contributed by atoms with E-state index < -0.39 is 0 Å². The highest BCUT2D eigenvalue weighted by Crippen LogP contribution is 2.13. The van der Waals surface area contributed by atoms with Crippen LogP contribution in [0.1, 0.15) is 18.4 Å². The number of ether oxygens (including phenoxy) is 1. The quantitative estimate of drug-likeness (QED) is 0.666. The molecule has 2 heteroatoms. The summed E-state index contributed by atoms with van der Waals surface area (Å²) >= 11 is 1.92. The van der Waals surface area contributed by atoms with E-state index in [-0.39, 0.29) is 0 Å². The molecule has 0 bridgehead atoms. The maximum atomic E-state index is 5.11. The zero-order valence-electron chi connectivity index (χ0n) is 8.95. The first-order valence-corrected chi connectivity index (χ1v) is 6.38. The van der Waals surface area contributed by atoms with Gasteiger partial charge < -0.3 is 4.74 Å². The van der Waals surface area contributed by atoms with Gasteiger partial charge in [0.1, 0.15) is 5.75 Å². The smallest absolute Gasteiger partial charge is 0.118 e. The maximum absolute atomic E-state index is 5.11. The van der Waals surface area contributed by atoms with E-state index in [4.69, 9.17) is 4.74 Å². The van der Waals surface area contributed by atoms with Crippen molar-refractivity contribution in [1.82, 2.24) is 0 Å². The molecule has 0 fully saturated rings. The van der Waals surface area contributed by atoms with E-state index in [1.54, 1.807) is 7.11 Å². The van der Waals surface area contributed by atoms with Gasteiger partial charge in [0.05, 0.1) is 7.11 Å². The summed E-state index contributed by atoms with van der Waals surface area (Å²) in [7, 11) is 1.70.